The number of hydrogen-bond donors (Lipinski definition) is 0. The van der Waals surface area contributed by atoms with Gasteiger partial charge in [0.1, 0.15) is 0 Å². The van der Waals surface area contributed by atoms with Crippen LogP contribution in [0.5, 0.6) is 0 Å². The Balaban J connectivity index is 2.04. The van der Waals surface area contributed by atoms with Gasteiger partial charge < -0.3 is 4.90 Å². The molecule has 0 aromatic carbocycles. The molecular weight excluding hydrogens is 266 g/mol. The average molecular weight is 288 g/mol. The summed E-state index contributed by atoms with van der Waals surface area (Å²) in [6.07, 6.45) is 4.75. The van der Waals surface area contributed by atoms with Gasteiger partial charge in [-0.15, -0.1) is 0 Å². The fourth-order valence-corrected chi connectivity index (χ4v) is 4.23. The SMILES string of the molecule is CC1CCCC1C(=O)N1CCC(C)C1CBr. The van der Waals surface area contributed by atoms with E-state index in [0.29, 0.717) is 29.7 Å². The summed E-state index contributed by atoms with van der Waals surface area (Å²) < 4.78 is 0. The number of hydrogen-bond acceptors (Lipinski definition) is 1. The van der Waals surface area contributed by atoms with E-state index in [9.17, 15) is 4.79 Å². The molecule has 2 rings (SSSR count). The Morgan fingerprint density at radius 2 is 2.00 bits per heavy atom. The van der Waals surface area contributed by atoms with E-state index in [0.717, 1.165) is 18.3 Å². The average Bonchev–Trinajstić information content (AvgIpc) is 2.83. The number of carbonyl (C=O) groups is 1. The molecule has 92 valence electrons. The monoisotopic (exact) mass is 287 g/mol. The molecule has 0 radical (unpaired) electrons. The van der Waals surface area contributed by atoms with Gasteiger partial charge in [-0.2, -0.15) is 0 Å². The molecule has 4 unspecified atom stereocenters. The quantitative estimate of drug-likeness (QED) is 0.715. The summed E-state index contributed by atoms with van der Waals surface area (Å²) in [5.41, 5.74) is 0. The second-order valence-electron chi connectivity index (χ2n) is 5.53. The number of rotatable bonds is 2. The third kappa shape index (κ3) is 2.15. The van der Waals surface area contributed by atoms with E-state index in [4.69, 9.17) is 0 Å². The molecule has 0 aromatic heterocycles. The summed E-state index contributed by atoms with van der Waals surface area (Å²) in [4.78, 5) is 14.6. The molecule has 0 aromatic rings. The Morgan fingerprint density at radius 1 is 1.25 bits per heavy atom. The summed E-state index contributed by atoms with van der Waals surface area (Å²) in [7, 11) is 0. The zero-order chi connectivity index (χ0) is 11.7. The van der Waals surface area contributed by atoms with Gasteiger partial charge in [0, 0.05) is 23.8 Å². The van der Waals surface area contributed by atoms with Gasteiger partial charge in [0.05, 0.1) is 0 Å². The lowest BCUT2D eigenvalue weighted by atomic mass is 9.96. The number of nitrogens with zero attached hydrogens (tertiary/aromatic N) is 1. The summed E-state index contributed by atoms with van der Waals surface area (Å²) >= 11 is 3.56. The molecule has 2 aliphatic rings. The van der Waals surface area contributed by atoms with Crippen molar-refractivity contribution in [3.05, 3.63) is 0 Å². The minimum absolute atomic E-state index is 0.312. The van der Waals surface area contributed by atoms with Gasteiger partial charge in [-0.1, -0.05) is 36.2 Å². The van der Waals surface area contributed by atoms with Gasteiger partial charge in [0.2, 0.25) is 5.91 Å². The molecule has 0 bridgehead atoms. The maximum absolute atomic E-state index is 12.5. The summed E-state index contributed by atoms with van der Waals surface area (Å²) in [6, 6.07) is 0.431. The van der Waals surface area contributed by atoms with E-state index in [1.807, 2.05) is 0 Å². The Hall–Kier alpha value is -0.0500. The number of carbonyl (C=O) groups excluding carboxylic acids is 1. The predicted molar refractivity (Wildman–Crippen MR) is 69.6 cm³/mol. The first-order chi connectivity index (χ1) is 7.65. The van der Waals surface area contributed by atoms with Crippen molar-refractivity contribution < 1.29 is 4.79 Å². The van der Waals surface area contributed by atoms with Gasteiger partial charge in [-0.05, 0) is 31.1 Å². The molecule has 0 N–H and O–H groups in total. The maximum Gasteiger partial charge on any atom is 0.226 e. The van der Waals surface area contributed by atoms with Crippen molar-refractivity contribution in [1.29, 1.82) is 0 Å². The lowest BCUT2D eigenvalue weighted by molar-refractivity contribution is -0.137. The first kappa shape index (κ1) is 12.4. The molecule has 1 amide bonds. The second-order valence-corrected chi connectivity index (χ2v) is 6.18. The largest absolute Gasteiger partial charge is 0.338 e. The number of amides is 1. The zero-order valence-electron chi connectivity index (χ0n) is 10.3. The Morgan fingerprint density at radius 3 is 2.56 bits per heavy atom. The lowest BCUT2D eigenvalue weighted by Gasteiger charge is -2.29. The van der Waals surface area contributed by atoms with Crippen LogP contribution in [0, 0.1) is 17.8 Å². The molecule has 3 heteroatoms. The first-order valence-electron chi connectivity index (χ1n) is 6.51. The fraction of sp³-hybridized carbons (Fsp3) is 0.923. The van der Waals surface area contributed by atoms with E-state index in [-0.39, 0.29) is 0 Å². The summed E-state index contributed by atoms with van der Waals surface area (Å²) in [5, 5.41) is 0.932. The van der Waals surface area contributed by atoms with Crippen LogP contribution in [0.25, 0.3) is 0 Å². The van der Waals surface area contributed by atoms with Gasteiger partial charge >= 0.3 is 0 Å². The molecule has 1 aliphatic carbocycles. The topological polar surface area (TPSA) is 20.3 Å². The summed E-state index contributed by atoms with van der Waals surface area (Å²) in [5.74, 6) is 1.99. The molecular formula is C13H22BrNO. The smallest absolute Gasteiger partial charge is 0.226 e. The van der Waals surface area contributed by atoms with E-state index in [1.165, 1.54) is 19.3 Å². The van der Waals surface area contributed by atoms with Crippen LogP contribution in [0.2, 0.25) is 0 Å². The molecule has 1 saturated heterocycles. The highest BCUT2D eigenvalue weighted by Gasteiger charge is 2.39. The van der Waals surface area contributed by atoms with Crippen molar-refractivity contribution in [2.24, 2.45) is 17.8 Å². The molecule has 1 heterocycles. The number of alkyl halides is 1. The minimum atomic E-state index is 0.312. The van der Waals surface area contributed by atoms with Gasteiger partial charge in [-0.25, -0.2) is 0 Å². The Labute approximate surface area is 107 Å². The molecule has 2 nitrogen and oxygen atoms in total. The zero-order valence-corrected chi connectivity index (χ0v) is 11.9. The van der Waals surface area contributed by atoms with Crippen LogP contribution in [0.3, 0.4) is 0 Å². The van der Waals surface area contributed by atoms with Crippen LogP contribution in [-0.4, -0.2) is 28.7 Å². The van der Waals surface area contributed by atoms with Crippen molar-refractivity contribution in [2.45, 2.75) is 45.6 Å². The maximum atomic E-state index is 12.5. The number of halogens is 1. The van der Waals surface area contributed by atoms with E-state index >= 15 is 0 Å². The highest BCUT2D eigenvalue weighted by atomic mass is 79.9. The van der Waals surface area contributed by atoms with Crippen LogP contribution in [-0.2, 0) is 4.79 Å². The van der Waals surface area contributed by atoms with E-state index in [2.05, 4.69) is 34.7 Å². The number of likely N-dealkylation sites (tertiary alicyclic amines) is 1. The van der Waals surface area contributed by atoms with E-state index in [1.54, 1.807) is 0 Å². The van der Waals surface area contributed by atoms with Crippen molar-refractivity contribution in [1.82, 2.24) is 4.90 Å². The van der Waals surface area contributed by atoms with Crippen LogP contribution < -0.4 is 0 Å². The minimum Gasteiger partial charge on any atom is -0.338 e. The standard InChI is InChI=1S/C13H22BrNO/c1-9-4-3-5-11(9)13(16)15-7-6-10(2)12(15)8-14/h9-12H,3-8H2,1-2H3. The first-order valence-corrected chi connectivity index (χ1v) is 7.63. The Kier molecular flexibility index (Phi) is 3.93. The third-order valence-corrected chi connectivity index (χ3v) is 5.17. The fourth-order valence-electron chi connectivity index (χ4n) is 3.24. The highest BCUT2D eigenvalue weighted by Crippen LogP contribution is 2.35. The van der Waals surface area contributed by atoms with Crippen molar-refractivity contribution >= 4 is 21.8 Å². The molecule has 16 heavy (non-hydrogen) atoms. The molecule has 2 fully saturated rings. The highest BCUT2D eigenvalue weighted by molar-refractivity contribution is 9.09. The van der Waals surface area contributed by atoms with E-state index < -0.39 is 0 Å². The van der Waals surface area contributed by atoms with Gasteiger partial charge in [-0.3, -0.25) is 4.79 Å². The second kappa shape index (κ2) is 5.07. The molecule has 1 saturated carbocycles. The predicted octanol–water partition coefficient (Wildman–Crippen LogP) is 3.05. The van der Waals surface area contributed by atoms with Crippen molar-refractivity contribution in [2.75, 3.05) is 11.9 Å². The van der Waals surface area contributed by atoms with Crippen molar-refractivity contribution in [3.8, 4) is 0 Å². The van der Waals surface area contributed by atoms with Crippen LogP contribution in [0.15, 0.2) is 0 Å². The van der Waals surface area contributed by atoms with Crippen LogP contribution >= 0.6 is 15.9 Å². The molecule has 1 aliphatic heterocycles. The Bertz CT molecular complexity index is 269. The van der Waals surface area contributed by atoms with Gasteiger partial charge in [0.15, 0.2) is 0 Å². The van der Waals surface area contributed by atoms with Gasteiger partial charge in [0.25, 0.3) is 0 Å². The third-order valence-electron chi connectivity index (χ3n) is 4.50. The molecule has 0 spiro atoms. The lowest BCUT2D eigenvalue weighted by Crippen LogP contribution is -2.42. The summed E-state index contributed by atoms with van der Waals surface area (Å²) in [6.45, 7) is 5.47. The van der Waals surface area contributed by atoms with Crippen molar-refractivity contribution in [3.63, 3.8) is 0 Å². The molecule has 4 atom stereocenters. The van der Waals surface area contributed by atoms with Crippen LogP contribution in [0.1, 0.15) is 39.5 Å². The normalized spacial score (nSPS) is 39.3. The van der Waals surface area contributed by atoms with Crippen LogP contribution in [0.4, 0.5) is 0 Å².